The first-order valence-corrected chi connectivity index (χ1v) is 10.2. The van der Waals surface area contributed by atoms with Crippen LogP contribution in [0.5, 0.6) is 0 Å². The van der Waals surface area contributed by atoms with Crippen LogP contribution < -0.4 is 4.48 Å². The number of benzene rings is 1. The van der Waals surface area contributed by atoms with Crippen molar-refractivity contribution in [3.05, 3.63) is 71.6 Å². The maximum atomic E-state index is 4.10. The SMILES string of the molecule is Cc1cccc(C)c1[N+]1(CCCCCCc2ccncc2)CC=CCC1. The van der Waals surface area contributed by atoms with Crippen LogP contribution in [-0.2, 0) is 6.42 Å². The number of quaternary nitrogens is 1. The zero-order valence-corrected chi connectivity index (χ0v) is 16.5. The van der Waals surface area contributed by atoms with Crippen molar-refractivity contribution in [3.63, 3.8) is 0 Å². The van der Waals surface area contributed by atoms with Crippen molar-refractivity contribution in [2.24, 2.45) is 0 Å². The van der Waals surface area contributed by atoms with Crippen LogP contribution in [0.1, 0.15) is 48.8 Å². The first-order chi connectivity index (χ1) is 12.7. The number of aryl methyl sites for hydroxylation is 3. The molecular formula is C24H33N2+. The number of pyridine rings is 1. The Morgan fingerprint density at radius 3 is 2.31 bits per heavy atom. The minimum Gasteiger partial charge on any atom is -0.287 e. The number of unbranched alkanes of at least 4 members (excludes halogenated alkanes) is 3. The van der Waals surface area contributed by atoms with Gasteiger partial charge < -0.3 is 0 Å². The smallest absolute Gasteiger partial charge is 0.138 e. The van der Waals surface area contributed by atoms with Crippen molar-refractivity contribution in [2.45, 2.75) is 52.4 Å². The van der Waals surface area contributed by atoms with Gasteiger partial charge in [0.15, 0.2) is 0 Å². The fourth-order valence-electron chi connectivity index (χ4n) is 4.53. The van der Waals surface area contributed by atoms with Gasteiger partial charge in [0.25, 0.3) is 0 Å². The third kappa shape index (κ3) is 4.62. The molecule has 3 rings (SSSR count). The Balaban J connectivity index is 1.55. The summed E-state index contributed by atoms with van der Waals surface area (Å²) >= 11 is 0. The van der Waals surface area contributed by atoms with Crippen molar-refractivity contribution in [1.29, 1.82) is 0 Å². The van der Waals surface area contributed by atoms with E-state index in [1.54, 1.807) is 5.69 Å². The zero-order valence-electron chi connectivity index (χ0n) is 16.5. The molecule has 0 spiro atoms. The monoisotopic (exact) mass is 349 g/mol. The average molecular weight is 350 g/mol. The van der Waals surface area contributed by atoms with E-state index in [9.17, 15) is 0 Å². The molecule has 0 bridgehead atoms. The number of hydrogen-bond acceptors (Lipinski definition) is 1. The van der Waals surface area contributed by atoms with E-state index in [0.717, 1.165) is 11.0 Å². The average Bonchev–Trinajstić information content (AvgIpc) is 2.66. The van der Waals surface area contributed by atoms with Crippen molar-refractivity contribution in [1.82, 2.24) is 9.47 Å². The van der Waals surface area contributed by atoms with Gasteiger partial charge in [-0.2, -0.15) is 0 Å². The van der Waals surface area contributed by atoms with E-state index in [4.69, 9.17) is 0 Å². The Labute approximate surface area is 159 Å². The lowest BCUT2D eigenvalue weighted by molar-refractivity contribution is 0.285. The van der Waals surface area contributed by atoms with Gasteiger partial charge in [0.05, 0.1) is 13.1 Å². The summed E-state index contributed by atoms with van der Waals surface area (Å²) in [6.45, 7) is 8.25. The second-order valence-electron chi connectivity index (χ2n) is 7.80. The molecule has 0 saturated heterocycles. The molecule has 0 aliphatic carbocycles. The lowest BCUT2D eigenvalue weighted by atomic mass is 10.0. The van der Waals surface area contributed by atoms with Crippen LogP contribution in [0.2, 0.25) is 0 Å². The minimum atomic E-state index is 1.15. The second-order valence-corrected chi connectivity index (χ2v) is 7.80. The van der Waals surface area contributed by atoms with E-state index < -0.39 is 0 Å². The fourth-order valence-corrected chi connectivity index (χ4v) is 4.53. The maximum absolute atomic E-state index is 4.10. The summed E-state index contributed by atoms with van der Waals surface area (Å²) in [4.78, 5) is 4.10. The van der Waals surface area contributed by atoms with Gasteiger partial charge >= 0.3 is 0 Å². The van der Waals surface area contributed by atoms with Gasteiger partial charge in [-0.3, -0.25) is 9.47 Å². The highest BCUT2D eigenvalue weighted by Gasteiger charge is 2.32. The van der Waals surface area contributed by atoms with E-state index in [-0.39, 0.29) is 0 Å². The van der Waals surface area contributed by atoms with Crippen LogP contribution in [0.25, 0.3) is 0 Å². The van der Waals surface area contributed by atoms with Gasteiger partial charge in [0, 0.05) is 29.9 Å². The minimum absolute atomic E-state index is 1.15. The lowest BCUT2D eigenvalue weighted by Crippen LogP contribution is -2.52. The summed E-state index contributed by atoms with van der Waals surface area (Å²) in [5, 5.41) is 0. The van der Waals surface area contributed by atoms with Crippen molar-refractivity contribution in [3.8, 4) is 0 Å². The highest BCUT2D eigenvalue weighted by atomic mass is 15.4. The Bertz CT molecular complexity index is 700. The predicted molar refractivity (Wildman–Crippen MR) is 112 cm³/mol. The molecule has 1 aliphatic heterocycles. The molecule has 0 fully saturated rings. The molecule has 1 aromatic heterocycles. The summed E-state index contributed by atoms with van der Waals surface area (Å²) in [6.07, 6.45) is 16.2. The molecule has 26 heavy (non-hydrogen) atoms. The van der Waals surface area contributed by atoms with E-state index >= 15 is 0 Å². The molecular weight excluding hydrogens is 316 g/mol. The third-order valence-electron chi connectivity index (χ3n) is 5.81. The number of para-hydroxylation sites is 1. The van der Waals surface area contributed by atoms with Gasteiger partial charge in [0.1, 0.15) is 12.2 Å². The molecule has 0 saturated carbocycles. The first kappa shape index (κ1) is 18.8. The second kappa shape index (κ2) is 9.14. The summed E-state index contributed by atoms with van der Waals surface area (Å²) in [6, 6.07) is 11.1. The van der Waals surface area contributed by atoms with E-state index in [1.165, 1.54) is 68.3 Å². The van der Waals surface area contributed by atoms with Crippen LogP contribution >= 0.6 is 0 Å². The summed E-state index contributed by atoms with van der Waals surface area (Å²) in [5.41, 5.74) is 5.91. The number of hydrogen-bond donors (Lipinski definition) is 0. The predicted octanol–water partition coefficient (Wildman–Crippen LogP) is 5.77. The standard InChI is InChI=1S/C24H33N2/c1-21-11-10-12-22(2)24(21)26(19-8-5-9-20-26)18-7-4-3-6-13-23-14-16-25-17-15-23/h5,8,10-12,14-17H,3-4,6-7,9,13,18-20H2,1-2H3/q+1. The molecule has 2 heterocycles. The highest BCUT2D eigenvalue weighted by Crippen LogP contribution is 2.33. The van der Waals surface area contributed by atoms with Crippen LogP contribution in [0.3, 0.4) is 0 Å². The largest absolute Gasteiger partial charge is 0.287 e. The Kier molecular flexibility index (Phi) is 6.62. The van der Waals surface area contributed by atoms with E-state index in [0.29, 0.717) is 0 Å². The Morgan fingerprint density at radius 2 is 1.62 bits per heavy atom. The van der Waals surface area contributed by atoms with Gasteiger partial charge in [-0.15, -0.1) is 0 Å². The first-order valence-electron chi connectivity index (χ1n) is 10.2. The molecule has 2 aromatic rings. The van der Waals surface area contributed by atoms with Gasteiger partial charge in [0.2, 0.25) is 0 Å². The quantitative estimate of drug-likeness (QED) is 0.335. The van der Waals surface area contributed by atoms with Crippen LogP contribution in [0.15, 0.2) is 54.9 Å². The number of rotatable bonds is 8. The zero-order chi connectivity index (χ0) is 18.2. The van der Waals surface area contributed by atoms with Gasteiger partial charge in [-0.05, 0) is 63.3 Å². The molecule has 138 valence electrons. The van der Waals surface area contributed by atoms with E-state index in [1.807, 2.05) is 12.4 Å². The van der Waals surface area contributed by atoms with Gasteiger partial charge in [-0.25, -0.2) is 0 Å². The third-order valence-corrected chi connectivity index (χ3v) is 5.81. The molecule has 1 aromatic carbocycles. The molecule has 0 N–H and O–H groups in total. The number of aromatic nitrogens is 1. The molecule has 2 nitrogen and oxygen atoms in total. The molecule has 2 heteroatoms. The van der Waals surface area contributed by atoms with Gasteiger partial charge in [-0.1, -0.05) is 30.7 Å². The molecule has 1 aliphatic rings. The fraction of sp³-hybridized carbons (Fsp3) is 0.458. The Hall–Kier alpha value is -1.93. The normalized spacial score (nSPS) is 19.6. The number of nitrogens with zero attached hydrogens (tertiary/aromatic N) is 2. The summed E-state index contributed by atoms with van der Waals surface area (Å²) in [5.74, 6) is 0. The summed E-state index contributed by atoms with van der Waals surface area (Å²) in [7, 11) is 0. The van der Waals surface area contributed by atoms with Crippen LogP contribution in [-0.4, -0.2) is 24.6 Å². The topological polar surface area (TPSA) is 12.9 Å². The van der Waals surface area contributed by atoms with Crippen molar-refractivity contribution < 1.29 is 0 Å². The van der Waals surface area contributed by atoms with Crippen molar-refractivity contribution >= 4 is 5.69 Å². The van der Waals surface area contributed by atoms with Crippen LogP contribution in [0.4, 0.5) is 5.69 Å². The lowest BCUT2D eigenvalue weighted by Gasteiger charge is -2.41. The molecule has 0 amide bonds. The van der Waals surface area contributed by atoms with Crippen molar-refractivity contribution in [2.75, 3.05) is 19.6 Å². The molecule has 0 radical (unpaired) electrons. The van der Waals surface area contributed by atoms with Crippen LogP contribution in [0, 0.1) is 13.8 Å². The van der Waals surface area contributed by atoms with E-state index in [2.05, 4.69) is 61.3 Å². The highest BCUT2D eigenvalue weighted by molar-refractivity contribution is 5.56. The molecule has 1 unspecified atom stereocenters. The Morgan fingerprint density at radius 1 is 0.885 bits per heavy atom. The summed E-state index contributed by atoms with van der Waals surface area (Å²) < 4.78 is 1.15. The maximum Gasteiger partial charge on any atom is 0.138 e. The molecule has 1 atom stereocenters.